The molecule has 0 aliphatic carbocycles. The number of nitrogens with zero attached hydrogens (tertiary/aromatic N) is 2. The third-order valence-electron chi connectivity index (χ3n) is 2.61. The van der Waals surface area contributed by atoms with Gasteiger partial charge in [0.2, 0.25) is 0 Å². The van der Waals surface area contributed by atoms with Crippen molar-refractivity contribution in [1.82, 2.24) is 4.98 Å². The molecule has 2 N–H and O–H groups in total. The summed E-state index contributed by atoms with van der Waals surface area (Å²) in [6.45, 7) is 2.80. The molecule has 0 atom stereocenters. The van der Waals surface area contributed by atoms with Crippen molar-refractivity contribution >= 4 is 34.2 Å². The van der Waals surface area contributed by atoms with Gasteiger partial charge in [-0.15, -0.1) is 11.3 Å². The quantitative estimate of drug-likeness (QED) is 0.873. The molecule has 0 saturated heterocycles. The molecule has 3 nitrogen and oxygen atoms in total. The molecule has 1 heterocycles. The Hall–Kier alpha value is -1.46. The summed E-state index contributed by atoms with van der Waals surface area (Å²) >= 11 is 6.67. The summed E-state index contributed by atoms with van der Waals surface area (Å²) in [4.78, 5) is 7.03. The van der Waals surface area contributed by atoms with Crippen molar-refractivity contribution in [2.45, 2.75) is 13.5 Å². The van der Waals surface area contributed by atoms with Crippen molar-refractivity contribution in [3.63, 3.8) is 0 Å². The van der Waals surface area contributed by atoms with E-state index in [2.05, 4.69) is 15.3 Å². The van der Waals surface area contributed by atoms with Crippen LogP contribution in [-0.4, -0.2) is 17.0 Å². The van der Waals surface area contributed by atoms with E-state index in [0.717, 1.165) is 28.5 Å². The summed E-state index contributed by atoms with van der Waals surface area (Å²) in [5, 5.41) is 3.17. The lowest BCUT2D eigenvalue weighted by atomic mass is 10.2. The average molecular weight is 277 g/mol. The van der Waals surface area contributed by atoms with E-state index >= 15 is 0 Å². The van der Waals surface area contributed by atoms with Crippen LogP contribution in [0.25, 0.3) is 0 Å². The van der Waals surface area contributed by atoms with Crippen LogP contribution in [0.1, 0.15) is 16.3 Å². The second-order valence-corrected chi connectivity index (χ2v) is 5.54. The molecule has 2 rings (SSSR count). The minimum absolute atomic E-state index is 0.426. The van der Waals surface area contributed by atoms with Crippen LogP contribution in [0, 0.1) is 6.92 Å². The summed E-state index contributed by atoms with van der Waals surface area (Å²) in [6.07, 6.45) is 0. The molecular weight excluding hydrogens is 262 g/mol. The zero-order valence-corrected chi connectivity index (χ0v) is 12.0. The molecule has 0 unspecified atom stereocenters. The molecule has 0 saturated carbocycles. The van der Waals surface area contributed by atoms with E-state index in [1.165, 1.54) is 0 Å². The predicted molar refractivity (Wildman–Crippen MR) is 81.3 cm³/mol. The fourth-order valence-corrected chi connectivity index (χ4v) is 2.62. The molecule has 0 aliphatic rings. The van der Waals surface area contributed by atoms with Gasteiger partial charge in [0.15, 0.2) is 0 Å². The molecule has 94 valence electrons. The van der Waals surface area contributed by atoms with E-state index < -0.39 is 0 Å². The molecule has 0 amide bonds. The topological polar surface area (TPSA) is 42.1 Å². The Balaban J connectivity index is 2.15. The van der Waals surface area contributed by atoms with Gasteiger partial charge in [0, 0.05) is 29.4 Å². The molecular formula is C13H15N3S2. The standard InChI is InChI=1S/C13H15N3S2/c1-9-8-18-12(15-9)7-16(2)11-5-3-4-10(6-11)13(14)17/h3-6,8H,7H2,1-2H3,(H2,14,17). The Morgan fingerprint density at radius 2 is 2.28 bits per heavy atom. The molecule has 18 heavy (non-hydrogen) atoms. The van der Waals surface area contributed by atoms with E-state index in [1.807, 2.05) is 38.2 Å². The smallest absolute Gasteiger partial charge is 0.112 e. The normalized spacial score (nSPS) is 10.3. The lowest BCUT2D eigenvalue weighted by Crippen LogP contribution is -2.17. The van der Waals surface area contributed by atoms with Gasteiger partial charge in [0.1, 0.15) is 10.00 Å². The molecule has 1 aromatic carbocycles. The van der Waals surface area contributed by atoms with Crippen LogP contribution in [0.15, 0.2) is 29.6 Å². The maximum atomic E-state index is 5.64. The Bertz CT molecular complexity index is 563. The SMILES string of the molecule is Cc1csc(CN(C)c2cccc(C(N)=S)c2)n1. The Kier molecular flexibility index (Phi) is 3.93. The lowest BCUT2D eigenvalue weighted by Gasteiger charge is -2.18. The minimum atomic E-state index is 0.426. The number of thiocarbonyl (C=S) groups is 1. The van der Waals surface area contributed by atoms with Crippen molar-refractivity contribution in [3.05, 3.63) is 45.9 Å². The number of aryl methyl sites for hydroxylation is 1. The maximum absolute atomic E-state index is 5.64. The van der Waals surface area contributed by atoms with Crippen molar-refractivity contribution in [2.24, 2.45) is 5.73 Å². The summed E-state index contributed by atoms with van der Waals surface area (Å²) in [5.74, 6) is 0. The number of aromatic nitrogens is 1. The van der Waals surface area contributed by atoms with Crippen LogP contribution < -0.4 is 10.6 Å². The van der Waals surface area contributed by atoms with E-state index in [-0.39, 0.29) is 0 Å². The van der Waals surface area contributed by atoms with Gasteiger partial charge in [-0.3, -0.25) is 0 Å². The van der Waals surface area contributed by atoms with Gasteiger partial charge in [0.25, 0.3) is 0 Å². The zero-order valence-electron chi connectivity index (χ0n) is 10.4. The predicted octanol–water partition coefficient (Wildman–Crippen LogP) is 2.72. The highest BCUT2D eigenvalue weighted by molar-refractivity contribution is 7.80. The third-order valence-corrected chi connectivity index (χ3v) is 3.80. The Morgan fingerprint density at radius 1 is 1.50 bits per heavy atom. The van der Waals surface area contributed by atoms with E-state index in [4.69, 9.17) is 18.0 Å². The van der Waals surface area contributed by atoms with Crippen LogP contribution in [0.2, 0.25) is 0 Å². The van der Waals surface area contributed by atoms with Gasteiger partial charge in [-0.05, 0) is 19.1 Å². The number of rotatable bonds is 4. The van der Waals surface area contributed by atoms with E-state index in [9.17, 15) is 0 Å². The molecule has 0 radical (unpaired) electrons. The number of hydrogen-bond acceptors (Lipinski definition) is 4. The van der Waals surface area contributed by atoms with Crippen molar-refractivity contribution < 1.29 is 0 Å². The van der Waals surface area contributed by atoms with Crippen LogP contribution in [0.4, 0.5) is 5.69 Å². The van der Waals surface area contributed by atoms with Crippen LogP contribution in [0.3, 0.4) is 0 Å². The fourth-order valence-electron chi connectivity index (χ4n) is 1.67. The monoisotopic (exact) mass is 277 g/mol. The molecule has 2 aromatic rings. The fraction of sp³-hybridized carbons (Fsp3) is 0.231. The van der Waals surface area contributed by atoms with Crippen molar-refractivity contribution in [3.8, 4) is 0 Å². The lowest BCUT2D eigenvalue weighted by molar-refractivity contribution is 0.905. The Labute approximate surface area is 116 Å². The highest BCUT2D eigenvalue weighted by Gasteiger charge is 2.06. The van der Waals surface area contributed by atoms with Gasteiger partial charge in [-0.2, -0.15) is 0 Å². The second kappa shape index (κ2) is 5.46. The summed E-state index contributed by atoms with van der Waals surface area (Å²) in [6, 6.07) is 7.94. The summed E-state index contributed by atoms with van der Waals surface area (Å²) in [5.41, 5.74) is 8.70. The van der Waals surface area contributed by atoms with Crippen molar-refractivity contribution in [2.75, 3.05) is 11.9 Å². The largest absolute Gasteiger partial charge is 0.389 e. The van der Waals surface area contributed by atoms with E-state index in [0.29, 0.717) is 4.99 Å². The molecule has 1 aromatic heterocycles. The average Bonchev–Trinajstić information content (AvgIpc) is 2.75. The number of hydrogen-bond donors (Lipinski definition) is 1. The van der Waals surface area contributed by atoms with Gasteiger partial charge in [0.05, 0.1) is 6.54 Å². The highest BCUT2D eigenvalue weighted by atomic mass is 32.1. The highest BCUT2D eigenvalue weighted by Crippen LogP contribution is 2.19. The van der Waals surface area contributed by atoms with Gasteiger partial charge in [-0.1, -0.05) is 24.4 Å². The molecule has 0 fully saturated rings. The van der Waals surface area contributed by atoms with Crippen LogP contribution in [0.5, 0.6) is 0 Å². The summed E-state index contributed by atoms with van der Waals surface area (Å²) in [7, 11) is 2.04. The van der Waals surface area contributed by atoms with Gasteiger partial charge < -0.3 is 10.6 Å². The van der Waals surface area contributed by atoms with Crippen LogP contribution >= 0.6 is 23.6 Å². The zero-order chi connectivity index (χ0) is 13.1. The first-order chi connectivity index (χ1) is 8.56. The number of nitrogens with two attached hydrogens (primary N) is 1. The first-order valence-electron chi connectivity index (χ1n) is 5.58. The van der Waals surface area contributed by atoms with Crippen LogP contribution in [-0.2, 0) is 6.54 Å². The second-order valence-electron chi connectivity index (χ2n) is 4.15. The first kappa shape index (κ1) is 13.0. The van der Waals surface area contributed by atoms with E-state index in [1.54, 1.807) is 11.3 Å². The third kappa shape index (κ3) is 3.05. The molecule has 0 aliphatic heterocycles. The number of thiazole rings is 1. The maximum Gasteiger partial charge on any atom is 0.112 e. The minimum Gasteiger partial charge on any atom is -0.389 e. The summed E-state index contributed by atoms with van der Waals surface area (Å²) < 4.78 is 0. The van der Waals surface area contributed by atoms with Crippen molar-refractivity contribution in [1.29, 1.82) is 0 Å². The molecule has 5 heteroatoms. The number of anilines is 1. The molecule has 0 spiro atoms. The molecule has 0 bridgehead atoms. The van der Waals surface area contributed by atoms with Gasteiger partial charge in [-0.25, -0.2) is 4.98 Å². The Morgan fingerprint density at radius 3 is 2.89 bits per heavy atom. The first-order valence-corrected chi connectivity index (χ1v) is 6.87. The number of benzene rings is 1. The van der Waals surface area contributed by atoms with Gasteiger partial charge >= 0.3 is 0 Å².